The van der Waals surface area contributed by atoms with E-state index in [4.69, 9.17) is 4.74 Å². The van der Waals surface area contributed by atoms with Crippen molar-refractivity contribution >= 4 is 34.8 Å². The minimum atomic E-state index is -0.550. The van der Waals surface area contributed by atoms with Crippen molar-refractivity contribution in [3.05, 3.63) is 99.6 Å². The maximum absolute atomic E-state index is 12.9. The summed E-state index contributed by atoms with van der Waals surface area (Å²) in [6.45, 7) is 2.03. The molecule has 0 radical (unpaired) electrons. The highest BCUT2D eigenvalue weighted by Crippen LogP contribution is 2.29. The number of benzene rings is 3. The van der Waals surface area contributed by atoms with Gasteiger partial charge in [-0.05, 0) is 42.5 Å². The number of nitro groups is 1. The van der Waals surface area contributed by atoms with Crippen molar-refractivity contribution in [2.24, 2.45) is 0 Å². The Kier molecular flexibility index (Phi) is 7.24. The Morgan fingerprint density at radius 1 is 0.861 bits per heavy atom. The van der Waals surface area contributed by atoms with Gasteiger partial charge < -0.3 is 19.9 Å². The lowest BCUT2D eigenvalue weighted by atomic mass is 10.1. The second-order valence-corrected chi connectivity index (χ2v) is 8.13. The lowest BCUT2D eigenvalue weighted by Crippen LogP contribution is -2.49. The number of hydrogen-bond acceptors (Lipinski definition) is 7. The number of nitrogens with zero attached hydrogens (tertiary/aromatic N) is 3. The Bertz CT molecular complexity index is 1290. The molecule has 1 aliphatic rings. The van der Waals surface area contributed by atoms with Crippen molar-refractivity contribution in [1.82, 2.24) is 4.90 Å². The molecule has 1 fully saturated rings. The molecule has 0 unspecified atom stereocenters. The summed E-state index contributed by atoms with van der Waals surface area (Å²) in [6, 6.07) is 19.2. The van der Waals surface area contributed by atoms with E-state index in [1.807, 2.05) is 23.1 Å². The van der Waals surface area contributed by atoms with Gasteiger partial charge in [0, 0.05) is 49.4 Å². The number of non-ortho nitro benzene ring substituents is 1. The molecule has 0 aliphatic carbocycles. The van der Waals surface area contributed by atoms with Crippen molar-refractivity contribution in [2.45, 2.75) is 0 Å². The SMILES string of the molecule is COC(=O)c1ccc(N2CCN(C(=O)c3ccccc3)CC2)c(NC(=O)c2ccc([N+](=O)[O-])cc2)c1. The fourth-order valence-electron chi connectivity index (χ4n) is 4.00. The summed E-state index contributed by atoms with van der Waals surface area (Å²) < 4.78 is 4.81. The van der Waals surface area contributed by atoms with E-state index in [0.717, 1.165) is 0 Å². The van der Waals surface area contributed by atoms with Gasteiger partial charge in [-0.1, -0.05) is 18.2 Å². The number of nitro benzene ring substituents is 1. The number of nitrogens with one attached hydrogen (secondary N) is 1. The first-order chi connectivity index (χ1) is 17.4. The first-order valence-corrected chi connectivity index (χ1v) is 11.2. The molecule has 10 heteroatoms. The van der Waals surface area contributed by atoms with Gasteiger partial charge in [0.2, 0.25) is 0 Å². The number of esters is 1. The van der Waals surface area contributed by atoms with E-state index >= 15 is 0 Å². The van der Waals surface area contributed by atoms with Crippen molar-refractivity contribution in [3.63, 3.8) is 0 Å². The molecule has 0 bridgehead atoms. The predicted octanol–water partition coefficient (Wildman–Crippen LogP) is 3.60. The predicted molar refractivity (Wildman–Crippen MR) is 133 cm³/mol. The average Bonchev–Trinajstić information content (AvgIpc) is 2.92. The highest BCUT2D eigenvalue weighted by Gasteiger charge is 2.25. The van der Waals surface area contributed by atoms with E-state index in [1.54, 1.807) is 29.2 Å². The van der Waals surface area contributed by atoms with E-state index < -0.39 is 16.8 Å². The van der Waals surface area contributed by atoms with E-state index in [0.29, 0.717) is 43.1 Å². The van der Waals surface area contributed by atoms with Crippen molar-refractivity contribution < 1.29 is 24.0 Å². The third-order valence-electron chi connectivity index (χ3n) is 5.93. The molecule has 1 heterocycles. The van der Waals surface area contributed by atoms with Crippen LogP contribution in [0.4, 0.5) is 17.1 Å². The normalized spacial score (nSPS) is 13.1. The number of rotatable bonds is 6. The molecule has 1 N–H and O–H groups in total. The van der Waals surface area contributed by atoms with Crippen LogP contribution in [-0.2, 0) is 4.74 Å². The van der Waals surface area contributed by atoms with Gasteiger partial charge in [0.05, 0.1) is 29.0 Å². The minimum absolute atomic E-state index is 0.0389. The summed E-state index contributed by atoms with van der Waals surface area (Å²) in [5, 5.41) is 13.7. The highest BCUT2D eigenvalue weighted by molar-refractivity contribution is 6.07. The van der Waals surface area contributed by atoms with E-state index in [9.17, 15) is 24.5 Å². The van der Waals surface area contributed by atoms with Crippen LogP contribution in [-0.4, -0.2) is 60.9 Å². The molecule has 4 rings (SSSR count). The molecule has 36 heavy (non-hydrogen) atoms. The largest absolute Gasteiger partial charge is 0.465 e. The molecule has 1 saturated heterocycles. The molecule has 0 atom stereocenters. The highest BCUT2D eigenvalue weighted by atomic mass is 16.6. The Morgan fingerprint density at radius 3 is 2.11 bits per heavy atom. The van der Waals surface area contributed by atoms with Crippen molar-refractivity contribution in [2.75, 3.05) is 43.5 Å². The molecule has 184 valence electrons. The lowest BCUT2D eigenvalue weighted by Gasteiger charge is -2.37. The van der Waals surface area contributed by atoms with Crippen LogP contribution in [0.1, 0.15) is 31.1 Å². The maximum Gasteiger partial charge on any atom is 0.337 e. The number of methoxy groups -OCH3 is 1. The summed E-state index contributed by atoms with van der Waals surface area (Å²) in [5.41, 5.74) is 2.08. The molecular formula is C26H24N4O6. The Labute approximate surface area is 207 Å². The fraction of sp³-hybridized carbons (Fsp3) is 0.192. The van der Waals surface area contributed by atoms with Crippen molar-refractivity contribution in [1.29, 1.82) is 0 Å². The van der Waals surface area contributed by atoms with Gasteiger partial charge in [-0.15, -0.1) is 0 Å². The summed E-state index contributed by atoms with van der Waals surface area (Å²) >= 11 is 0. The molecule has 3 aromatic carbocycles. The zero-order valence-corrected chi connectivity index (χ0v) is 19.5. The number of carbonyl (C=O) groups is 3. The number of hydrogen-bond donors (Lipinski definition) is 1. The second kappa shape index (κ2) is 10.7. The van der Waals surface area contributed by atoms with Crippen LogP contribution in [0.5, 0.6) is 0 Å². The Hall–Kier alpha value is -4.73. The topological polar surface area (TPSA) is 122 Å². The molecule has 10 nitrogen and oxygen atoms in total. The quantitative estimate of drug-likeness (QED) is 0.320. The molecule has 1 aliphatic heterocycles. The Balaban J connectivity index is 1.54. The lowest BCUT2D eigenvalue weighted by molar-refractivity contribution is -0.384. The zero-order chi connectivity index (χ0) is 25.7. The number of piperazine rings is 1. The molecule has 3 aromatic rings. The van der Waals surface area contributed by atoms with Gasteiger partial charge in [0.25, 0.3) is 17.5 Å². The third kappa shape index (κ3) is 5.33. The van der Waals surface area contributed by atoms with Crippen LogP contribution in [0.2, 0.25) is 0 Å². The number of anilines is 2. The summed E-state index contributed by atoms with van der Waals surface area (Å²) in [4.78, 5) is 52.0. The van der Waals surface area contributed by atoms with Crippen molar-refractivity contribution in [3.8, 4) is 0 Å². The fourth-order valence-corrected chi connectivity index (χ4v) is 4.00. The third-order valence-corrected chi connectivity index (χ3v) is 5.93. The molecule has 0 spiro atoms. The molecular weight excluding hydrogens is 464 g/mol. The van der Waals surface area contributed by atoms with E-state index in [2.05, 4.69) is 5.32 Å². The smallest absolute Gasteiger partial charge is 0.337 e. The van der Waals surface area contributed by atoms with Crippen LogP contribution >= 0.6 is 0 Å². The summed E-state index contributed by atoms with van der Waals surface area (Å²) in [6.07, 6.45) is 0. The van der Waals surface area contributed by atoms with Gasteiger partial charge in [0.1, 0.15) is 0 Å². The number of ether oxygens (including phenoxy) is 1. The van der Waals surface area contributed by atoms with Gasteiger partial charge in [-0.3, -0.25) is 19.7 Å². The van der Waals surface area contributed by atoms with Crippen LogP contribution in [0.15, 0.2) is 72.8 Å². The second-order valence-electron chi connectivity index (χ2n) is 8.13. The first-order valence-electron chi connectivity index (χ1n) is 11.2. The monoisotopic (exact) mass is 488 g/mol. The van der Waals surface area contributed by atoms with Gasteiger partial charge >= 0.3 is 5.97 Å². The number of carbonyl (C=O) groups excluding carboxylic acids is 3. The van der Waals surface area contributed by atoms with Crippen LogP contribution < -0.4 is 10.2 Å². The van der Waals surface area contributed by atoms with Gasteiger partial charge in [0.15, 0.2) is 0 Å². The molecule has 0 saturated carbocycles. The van der Waals surface area contributed by atoms with E-state index in [-0.39, 0.29) is 22.7 Å². The summed E-state index contributed by atoms with van der Waals surface area (Å²) in [7, 11) is 1.27. The van der Waals surface area contributed by atoms with E-state index in [1.165, 1.54) is 37.4 Å². The molecule has 0 aromatic heterocycles. The zero-order valence-electron chi connectivity index (χ0n) is 19.5. The van der Waals surface area contributed by atoms with Gasteiger partial charge in [-0.2, -0.15) is 0 Å². The standard InChI is InChI=1S/C26H24N4O6/c1-36-26(33)20-9-12-23(22(17-20)27-24(31)18-7-10-21(11-8-18)30(34)35)28-13-15-29(16-14-28)25(32)19-5-3-2-4-6-19/h2-12,17H,13-16H2,1H3,(H,27,31). The van der Waals surface area contributed by atoms with Crippen LogP contribution in [0.25, 0.3) is 0 Å². The maximum atomic E-state index is 12.9. The van der Waals surface area contributed by atoms with Crippen LogP contribution in [0, 0.1) is 10.1 Å². The van der Waals surface area contributed by atoms with Crippen LogP contribution in [0.3, 0.4) is 0 Å². The summed E-state index contributed by atoms with van der Waals surface area (Å²) in [5.74, 6) is -1.07. The molecule has 2 amide bonds. The number of amides is 2. The average molecular weight is 489 g/mol. The minimum Gasteiger partial charge on any atom is -0.465 e. The van der Waals surface area contributed by atoms with Gasteiger partial charge in [-0.25, -0.2) is 4.79 Å². The first kappa shape index (κ1) is 24.4. The Morgan fingerprint density at radius 2 is 1.50 bits per heavy atom.